The van der Waals surface area contributed by atoms with Gasteiger partial charge in [-0.3, -0.25) is 8.98 Å². The van der Waals surface area contributed by atoms with Gasteiger partial charge in [0.05, 0.1) is 24.5 Å². The highest BCUT2D eigenvalue weighted by atomic mass is 32.2. The van der Waals surface area contributed by atoms with Gasteiger partial charge in [0.15, 0.2) is 11.6 Å². The summed E-state index contributed by atoms with van der Waals surface area (Å²) in [4.78, 5) is 11.4. The first-order valence-electron chi connectivity index (χ1n) is 7.82. The van der Waals surface area contributed by atoms with Crippen molar-refractivity contribution in [3.63, 3.8) is 0 Å². The summed E-state index contributed by atoms with van der Waals surface area (Å²) in [5.74, 6) is -4.57. The van der Waals surface area contributed by atoms with Crippen LogP contribution in [0.4, 0.5) is 13.2 Å². The molecule has 2 aromatic carbocycles. The molecule has 2 aromatic rings. The van der Waals surface area contributed by atoms with Crippen molar-refractivity contribution < 1.29 is 35.3 Å². The van der Waals surface area contributed by atoms with Gasteiger partial charge in [0, 0.05) is 12.5 Å². The van der Waals surface area contributed by atoms with E-state index in [1.807, 2.05) is 0 Å². The van der Waals surface area contributed by atoms with Crippen LogP contribution in [0.25, 0.3) is 0 Å². The van der Waals surface area contributed by atoms with Crippen molar-refractivity contribution in [2.24, 2.45) is 0 Å². The quantitative estimate of drug-likeness (QED) is 0.404. The smallest absolute Gasteiger partial charge is 0.308 e. The average molecular weight is 402 g/mol. The van der Waals surface area contributed by atoms with Crippen molar-refractivity contribution in [2.45, 2.75) is 30.8 Å². The number of carbonyl (C=O) groups is 1. The van der Waals surface area contributed by atoms with E-state index >= 15 is 0 Å². The molecule has 0 aliphatic rings. The lowest BCUT2D eigenvalue weighted by Crippen LogP contribution is -2.25. The van der Waals surface area contributed by atoms with Gasteiger partial charge in [-0.15, -0.1) is 0 Å². The number of halogens is 3. The zero-order valence-corrected chi connectivity index (χ0v) is 15.4. The second kappa shape index (κ2) is 8.53. The predicted molar refractivity (Wildman–Crippen MR) is 89.9 cm³/mol. The van der Waals surface area contributed by atoms with Crippen LogP contribution in [0.15, 0.2) is 41.3 Å². The fraction of sp³-hybridized carbons (Fsp3) is 0.278. The Morgan fingerprint density at radius 1 is 1.04 bits per heavy atom. The number of benzene rings is 2. The molecule has 0 aromatic heterocycles. The lowest BCUT2D eigenvalue weighted by molar-refractivity contribution is -0.142. The van der Waals surface area contributed by atoms with Crippen LogP contribution >= 0.6 is 0 Å². The minimum atomic E-state index is -4.28. The van der Waals surface area contributed by atoms with Gasteiger partial charge < -0.3 is 4.74 Å². The first-order chi connectivity index (χ1) is 12.6. The Morgan fingerprint density at radius 2 is 1.63 bits per heavy atom. The van der Waals surface area contributed by atoms with Gasteiger partial charge >= 0.3 is 5.97 Å². The van der Waals surface area contributed by atoms with Crippen LogP contribution in [0.3, 0.4) is 0 Å². The van der Waals surface area contributed by atoms with E-state index in [2.05, 4.69) is 4.74 Å². The summed E-state index contributed by atoms with van der Waals surface area (Å²) in [7, 11) is -3.19. The van der Waals surface area contributed by atoms with E-state index in [4.69, 9.17) is 4.18 Å². The maximum Gasteiger partial charge on any atom is 0.308 e. The number of rotatable bonds is 7. The number of carbonyl (C=O) groups excluding carboxylic acids is 1. The number of ether oxygens (including phenoxy) is 1. The molecule has 146 valence electrons. The van der Waals surface area contributed by atoms with Crippen molar-refractivity contribution in [1.82, 2.24) is 0 Å². The lowest BCUT2D eigenvalue weighted by atomic mass is 10.0. The highest BCUT2D eigenvalue weighted by Crippen LogP contribution is 2.22. The summed E-state index contributed by atoms with van der Waals surface area (Å²) in [5.41, 5.74) is 0.492. The molecule has 0 saturated heterocycles. The fourth-order valence-electron chi connectivity index (χ4n) is 2.31. The second-order valence-electron chi connectivity index (χ2n) is 5.83. The van der Waals surface area contributed by atoms with Crippen LogP contribution in [-0.4, -0.2) is 27.6 Å². The molecule has 0 unspecified atom stereocenters. The molecular weight excluding hydrogens is 385 g/mol. The van der Waals surface area contributed by atoms with E-state index in [1.165, 1.54) is 12.1 Å². The summed E-state index contributed by atoms with van der Waals surface area (Å²) in [6, 6.07) is 6.68. The molecule has 1 atom stereocenters. The van der Waals surface area contributed by atoms with Gasteiger partial charge in [0.2, 0.25) is 0 Å². The van der Waals surface area contributed by atoms with E-state index in [0.717, 1.165) is 12.7 Å². The molecule has 5 nitrogen and oxygen atoms in total. The van der Waals surface area contributed by atoms with Gasteiger partial charge in [-0.1, -0.05) is 17.7 Å². The first-order valence-corrected chi connectivity index (χ1v) is 9.23. The Morgan fingerprint density at radius 3 is 2.22 bits per heavy atom. The third-order valence-corrected chi connectivity index (χ3v) is 5.11. The van der Waals surface area contributed by atoms with Crippen molar-refractivity contribution in [1.29, 1.82) is 0 Å². The van der Waals surface area contributed by atoms with Crippen LogP contribution in [-0.2, 0) is 30.3 Å². The summed E-state index contributed by atoms with van der Waals surface area (Å²) < 4.78 is 74.7. The van der Waals surface area contributed by atoms with Gasteiger partial charge in [-0.05, 0) is 30.7 Å². The number of hydrogen-bond acceptors (Lipinski definition) is 5. The zero-order valence-electron chi connectivity index (χ0n) is 14.5. The second-order valence-corrected chi connectivity index (χ2v) is 7.40. The monoisotopic (exact) mass is 402 g/mol. The van der Waals surface area contributed by atoms with E-state index in [0.29, 0.717) is 12.1 Å². The molecule has 2 rings (SSSR count). The van der Waals surface area contributed by atoms with Crippen LogP contribution < -0.4 is 0 Å². The SMILES string of the molecule is COC(=O)C[C@@H](Cc1cc(F)c(F)cc1F)OS(=O)(=O)c1ccc(C)cc1. The van der Waals surface area contributed by atoms with Crippen molar-refractivity contribution in [2.75, 3.05) is 7.11 Å². The zero-order chi connectivity index (χ0) is 20.2. The number of esters is 1. The third-order valence-electron chi connectivity index (χ3n) is 3.73. The summed E-state index contributed by atoms with van der Waals surface area (Å²) in [6.07, 6.45) is -2.38. The highest BCUT2D eigenvalue weighted by Gasteiger charge is 2.26. The van der Waals surface area contributed by atoms with Gasteiger partial charge in [0.25, 0.3) is 10.1 Å². The Bertz CT molecular complexity index is 927. The molecule has 0 amide bonds. The Hall–Kier alpha value is -2.39. The summed E-state index contributed by atoms with van der Waals surface area (Å²) >= 11 is 0. The highest BCUT2D eigenvalue weighted by molar-refractivity contribution is 7.86. The molecule has 0 heterocycles. The first kappa shape index (κ1) is 20.9. The molecular formula is C18H17F3O5S. The molecule has 0 N–H and O–H groups in total. The number of hydrogen-bond donors (Lipinski definition) is 0. The molecule has 9 heteroatoms. The normalized spacial score (nSPS) is 12.6. The van der Waals surface area contributed by atoms with Gasteiger partial charge in [-0.25, -0.2) is 13.2 Å². The average Bonchev–Trinajstić information content (AvgIpc) is 2.59. The molecule has 0 aliphatic heterocycles. The van der Waals surface area contributed by atoms with E-state index in [-0.39, 0.29) is 10.5 Å². The van der Waals surface area contributed by atoms with Crippen molar-refractivity contribution in [3.8, 4) is 0 Å². The summed E-state index contributed by atoms with van der Waals surface area (Å²) in [5, 5.41) is 0. The van der Waals surface area contributed by atoms with Crippen molar-refractivity contribution in [3.05, 3.63) is 65.0 Å². The van der Waals surface area contributed by atoms with E-state index < -0.39 is 52.5 Å². The summed E-state index contributed by atoms with van der Waals surface area (Å²) in [6.45, 7) is 1.77. The Kier molecular flexibility index (Phi) is 6.61. The topological polar surface area (TPSA) is 69.7 Å². The van der Waals surface area contributed by atoms with E-state index in [9.17, 15) is 26.4 Å². The predicted octanol–water partition coefficient (Wildman–Crippen LogP) is 3.29. The molecule has 27 heavy (non-hydrogen) atoms. The molecule has 0 fully saturated rings. The fourth-order valence-corrected chi connectivity index (χ4v) is 3.39. The molecule has 0 bridgehead atoms. The lowest BCUT2D eigenvalue weighted by Gasteiger charge is -2.17. The molecule has 0 aliphatic carbocycles. The van der Waals surface area contributed by atoms with E-state index in [1.54, 1.807) is 19.1 Å². The molecule has 0 spiro atoms. The van der Waals surface area contributed by atoms with Crippen LogP contribution in [0, 0.1) is 24.4 Å². The minimum absolute atomic E-state index is 0.159. The molecule has 0 radical (unpaired) electrons. The largest absolute Gasteiger partial charge is 0.469 e. The standard InChI is InChI=1S/C18H17F3O5S/c1-11-3-5-14(6-4-11)27(23,24)26-13(9-18(22)25-2)7-12-8-16(20)17(21)10-15(12)19/h3-6,8,10,13H,7,9H2,1-2H3/t13-/m1/s1. The van der Waals surface area contributed by atoms with Crippen LogP contribution in [0.2, 0.25) is 0 Å². The molecule has 0 saturated carbocycles. The van der Waals surface area contributed by atoms with Crippen LogP contribution in [0.5, 0.6) is 0 Å². The Labute approximate surface area is 154 Å². The van der Waals surface area contributed by atoms with Gasteiger partial charge in [0.1, 0.15) is 5.82 Å². The van der Waals surface area contributed by atoms with Gasteiger partial charge in [-0.2, -0.15) is 8.42 Å². The maximum absolute atomic E-state index is 13.9. The van der Waals surface area contributed by atoms with Crippen molar-refractivity contribution >= 4 is 16.1 Å². The van der Waals surface area contributed by atoms with Crippen LogP contribution in [0.1, 0.15) is 17.5 Å². The maximum atomic E-state index is 13.9. The third kappa shape index (κ3) is 5.54. The Balaban J connectivity index is 2.30. The minimum Gasteiger partial charge on any atom is -0.469 e. The number of aryl methyl sites for hydroxylation is 1. The number of methoxy groups -OCH3 is 1.